The number of hydrogen-bond acceptors (Lipinski definition) is 1. The molecule has 1 nitrogen and oxygen atoms in total. The molecule has 0 aromatic heterocycles. The van der Waals surface area contributed by atoms with Gasteiger partial charge >= 0.3 is 0 Å². The van der Waals surface area contributed by atoms with E-state index >= 15 is 0 Å². The molecular formula is C13H18FN. The van der Waals surface area contributed by atoms with Crippen LogP contribution >= 0.6 is 0 Å². The standard InChI is InChI=1S/C13H18FN/c1-12(2,14)11-6-4-3-5-10(11)9-13(15)7-8-13/h3-6H,7-9,15H2,1-2H3. The highest BCUT2D eigenvalue weighted by molar-refractivity contribution is 5.34. The Labute approximate surface area is 90.5 Å². The van der Waals surface area contributed by atoms with Gasteiger partial charge in [0.2, 0.25) is 0 Å². The van der Waals surface area contributed by atoms with E-state index in [9.17, 15) is 4.39 Å². The first kappa shape index (κ1) is 10.6. The highest BCUT2D eigenvalue weighted by atomic mass is 19.1. The maximum absolute atomic E-state index is 13.9. The average Bonchev–Trinajstić information content (AvgIpc) is 2.82. The third-order valence-corrected chi connectivity index (χ3v) is 3.09. The normalized spacial score (nSPS) is 18.9. The van der Waals surface area contributed by atoms with Crippen molar-refractivity contribution in [2.45, 2.75) is 44.3 Å². The molecule has 0 spiro atoms. The topological polar surface area (TPSA) is 26.0 Å². The minimum atomic E-state index is -1.28. The van der Waals surface area contributed by atoms with E-state index in [-0.39, 0.29) is 5.54 Å². The Morgan fingerprint density at radius 1 is 1.33 bits per heavy atom. The van der Waals surface area contributed by atoms with Crippen LogP contribution in [0.15, 0.2) is 24.3 Å². The monoisotopic (exact) mass is 207 g/mol. The Kier molecular flexibility index (Phi) is 2.34. The van der Waals surface area contributed by atoms with Crippen LogP contribution in [0.2, 0.25) is 0 Å². The van der Waals surface area contributed by atoms with Crippen LogP contribution in [0.5, 0.6) is 0 Å². The van der Waals surface area contributed by atoms with Crippen LogP contribution in [0.4, 0.5) is 4.39 Å². The lowest BCUT2D eigenvalue weighted by Gasteiger charge is -2.20. The van der Waals surface area contributed by atoms with E-state index in [4.69, 9.17) is 5.73 Å². The highest BCUT2D eigenvalue weighted by Gasteiger charge is 2.39. The SMILES string of the molecule is CC(C)(F)c1ccccc1CC1(N)CC1. The maximum atomic E-state index is 13.9. The second kappa shape index (κ2) is 3.31. The van der Waals surface area contributed by atoms with E-state index in [0.717, 1.165) is 30.4 Å². The predicted molar refractivity (Wildman–Crippen MR) is 60.4 cm³/mol. The molecule has 1 aromatic carbocycles. The first-order valence-electron chi connectivity index (χ1n) is 5.47. The number of hydrogen-bond donors (Lipinski definition) is 1. The van der Waals surface area contributed by atoms with Gasteiger partial charge in [-0.3, -0.25) is 0 Å². The fraction of sp³-hybridized carbons (Fsp3) is 0.538. The van der Waals surface area contributed by atoms with Gasteiger partial charge < -0.3 is 5.73 Å². The molecule has 1 saturated carbocycles. The van der Waals surface area contributed by atoms with Gasteiger partial charge in [0.1, 0.15) is 5.67 Å². The smallest absolute Gasteiger partial charge is 0.130 e. The quantitative estimate of drug-likeness (QED) is 0.810. The molecule has 1 aromatic rings. The third-order valence-electron chi connectivity index (χ3n) is 3.09. The molecule has 1 aliphatic carbocycles. The summed E-state index contributed by atoms with van der Waals surface area (Å²) in [5.41, 5.74) is 6.58. The van der Waals surface area contributed by atoms with Crippen molar-refractivity contribution in [2.24, 2.45) is 5.73 Å². The average molecular weight is 207 g/mol. The Balaban J connectivity index is 2.30. The van der Waals surface area contributed by atoms with Crippen molar-refractivity contribution >= 4 is 0 Å². The van der Waals surface area contributed by atoms with Crippen molar-refractivity contribution in [2.75, 3.05) is 0 Å². The molecule has 0 bridgehead atoms. The molecule has 1 aliphatic rings. The summed E-state index contributed by atoms with van der Waals surface area (Å²) in [6.07, 6.45) is 2.93. The van der Waals surface area contributed by atoms with E-state index in [2.05, 4.69) is 0 Å². The first-order valence-corrected chi connectivity index (χ1v) is 5.47. The minimum absolute atomic E-state index is 0.0542. The summed E-state index contributed by atoms with van der Waals surface area (Å²) in [7, 11) is 0. The lowest BCUT2D eigenvalue weighted by molar-refractivity contribution is 0.219. The minimum Gasteiger partial charge on any atom is -0.325 e. The molecule has 2 heteroatoms. The zero-order valence-electron chi connectivity index (χ0n) is 9.39. The molecule has 15 heavy (non-hydrogen) atoms. The van der Waals surface area contributed by atoms with Gasteiger partial charge in [0, 0.05) is 5.54 Å². The van der Waals surface area contributed by atoms with E-state index < -0.39 is 5.67 Å². The summed E-state index contributed by atoms with van der Waals surface area (Å²) < 4.78 is 13.9. The Morgan fingerprint density at radius 2 is 1.93 bits per heavy atom. The van der Waals surface area contributed by atoms with Gasteiger partial charge in [0.25, 0.3) is 0 Å². The molecule has 2 rings (SSSR count). The Hall–Kier alpha value is -0.890. The molecule has 1 fully saturated rings. The molecule has 0 radical (unpaired) electrons. The molecule has 0 unspecified atom stereocenters. The number of alkyl halides is 1. The van der Waals surface area contributed by atoms with Crippen molar-refractivity contribution in [1.82, 2.24) is 0 Å². The fourth-order valence-electron chi connectivity index (χ4n) is 1.97. The van der Waals surface area contributed by atoms with Gasteiger partial charge in [-0.25, -0.2) is 4.39 Å². The second-order valence-corrected chi connectivity index (χ2v) is 5.17. The zero-order valence-corrected chi connectivity index (χ0v) is 9.39. The molecule has 0 saturated heterocycles. The van der Waals surface area contributed by atoms with Crippen LogP contribution in [0.25, 0.3) is 0 Å². The van der Waals surface area contributed by atoms with Crippen molar-refractivity contribution in [3.05, 3.63) is 35.4 Å². The van der Waals surface area contributed by atoms with Crippen LogP contribution in [-0.2, 0) is 12.1 Å². The largest absolute Gasteiger partial charge is 0.325 e. The van der Waals surface area contributed by atoms with Crippen molar-refractivity contribution in [3.63, 3.8) is 0 Å². The molecule has 2 N–H and O–H groups in total. The van der Waals surface area contributed by atoms with Crippen LogP contribution in [0.3, 0.4) is 0 Å². The molecule has 0 amide bonds. The van der Waals surface area contributed by atoms with Crippen LogP contribution in [-0.4, -0.2) is 5.54 Å². The third kappa shape index (κ3) is 2.37. The summed E-state index contributed by atoms with van der Waals surface area (Å²) in [4.78, 5) is 0. The summed E-state index contributed by atoms with van der Waals surface area (Å²) in [5.74, 6) is 0. The number of halogens is 1. The van der Waals surface area contributed by atoms with Gasteiger partial charge in [-0.1, -0.05) is 24.3 Å². The number of benzene rings is 1. The van der Waals surface area contributed by atoms with E-state index in [1.54, 1.807) is 13.8 Å². The van der Waals surface area contributed by atoms with Gasteiger partial charge in [0.05, 0.1) is 0 Å². The molecule has 82 valence electrons. The van der Waals surface area contributed by atoms with Gasteiger partial charge in [-0.05, 0) is 44.2 Å². The second-order valence-electron chi connectivity index (χ2n) is 5.17. The van der Waals surface area contributed by atoms with Crippen molar-refractivity contribution < 1.29 is 4.39 Å². The van der Waals surface area contributed by atoms with E-state index in [0.29, 0.717) is 0 Å². The lowest BCUT2D eigenvalue weighted by atomic mass is 9.91. The molecule has 0 aliphatic heterocycles. The van der Waals surface area contributed by atoms with Crippen LogP contribution < -0.4 is 5.73 Å². The lowest BCUT2D eigenvalue weighted by Crippen LogP contribution is -2.26. The Morgan fingerprint density at radius 3 is 2.47 bits per heavy atom. The van der Waals surface area contributed by atoms with Gasteiger partial charge in [-0.2, -0.15) is 0 Å². The maximum Gasteiger partial charge on any atom is 0.130 e. The van der Waals surface area contributed by atoms with Gasteiger partial charge in [-0.15, -0.1) is 0 Å². The van der Waals surface area contributed by atoms with E-state index in [1.165, 1.54) is 0 Å². The highest BCUT2D eigenvalue weighted by Crippen LogP contribution is 2.38. The van der Waals surface area contributed by atoms with Crippen LogP contribution in [0.1, 0.15) is 37.8 Å². The number of nitrogens with two attached hydrogens (primary N) is 1. The predicted octanol–water partition coefficient (Wildman–Crippen LogP) is 2.93. The van der Waals surface area contributed by atoms with Crippen LogP contribution in [0, 0.1) is 0 Å². The summed E-state index contributed by atoms with van der Waals surface area (Å²) in [6.45, 7) is 3.20. The summed E-state index contributed by atoms with van der Waals surface area (Å²) >= 11 is 0. The Bertz CT molecular complexity index is 361. The van der Waals surface area contributed by atoms with E-state index in [1.807, 2.05) is 24.3 Å². The van der Waals surface area contributed by atoms with Crippen molar-refractivity contribution in [1.29, 1.82) is 0 Å². The van der Waals surface area contributed by atoms with Gasteiger partial charge in [0.15, 0.2) is 0 Å². The summed E-state index contributed by atoms with van der Waals surface area (Å²) in [5, 5.41) is 0. The fourth-order valence-corrected chi connectivity index (χ4v) is 1.97. The molecular weight excluding hydrogens is 189 g/mol. The molecule has 0 heterocycles. The molecule has 0 atom stereocenters. The number of rotatable bonds is 3. The zero-order chi connectivity index (χ0) is 11.1. The van der Waals surface area contributed by atoms with Crippen molar-refractivity contribution in [3.8, 4) is 0 Å². The summed E-state index contributed by atoms with van der Waals surface area (Å²) in [6, 6.07) is 7.69. The first-order chi connectivity index (χ1) is 6.91.